The maximum atomic E-state index is 5.41. The maximum Gasteiger partial charge on any atom is 0.120 e. The van der Waals surface area contributed by atoms with Gasteiger partial charge in [0.1, 0.15) is 5.76 Å². The molecule has 0 unspecified atom stereocenters. The van der Waals surface area contributed by atoms with Gasteiger partial charge in [0.15, 0.2) is 0 Å². The average molecular weight is 299 g/mol. The molecule has 3 heterocycles. The van der Waals surface area contributed by atoms with Crippen LogP contribution >= 0.6 is 0 Å². The third-order valence-corrected chi connectivity index (χ3v) is 4.79. The van der Waals surface area contributed by atoms with Gasteiger partial charge in [-0.25, -0.2) is 0 Å². The summed E-state index contributed by atoms with van der Waals surface area (Å²) in [5.41, 5.74) is 2.52. The van der Waals surface area contributed by atoms with Crippen molar-refractivity contribution in [2.45, 2.75) is 25.3 Å². The highest BCUT2D eigenvalue weighted by atomic mass is 16.5. The molecule has 1 aromatic heterocycles. The lowest BCUT2D eigenvalue weighted by atomic mass is 9.84. The molecule has 0 aromatic carbocycles. The van der Waals surface area contributed by atoms with E-state index >= 15 is 0 Å². The predicted molar refractivity (Wildman–Crippen MR) is 90.2 cm³/mol. The minimum Gasteiger partial charge on any atom is -0.497 e. The van der Waals surface area contributed by atoms with Crippen molar-refractivity contribution >= 4 is 5.70 Å². The number of hydrogen-bond donors (Lipinski definition) is 1. The van der Waals surface area contributed by atoms with Crippen LogP contribution < -0.4 is 5.32 Å². The molecule has 1 aromatic rings. The van der Waals surface area contributed by atoms with Crippen LogP contribution in [0.2, 0.25) is 0 Å². The van der Waals surface area contributed by atoms with Crippen molar-refractivity contribution < 1.29 is 4.74 Å². The van der Waals surface area contributed by atoms with E-state index in [4.69, 9.17) is 4.74 Å². The van der Waals surface area contributed by atoms with E-state index in [-0.39, 0.29) is 5.54 Å². The zero-order valence-electron chi connectivity index (χ0n) is 13.7. The van der Waals surface area contributed by atoms with Gasteiger partial charge in [0.25, 0.3) is 0 Å². The first-order valence-electron chi connectivity index (χ1n) is 7.88. The van der Waals surface area contributed by atoms with E-state index < -0.39 is 0 Å². The molecule has 1 fully saturated rings. The summed E-state index contributed by atoms with van der Waals surface area (Å²) >= 11 is 0. The number of rotatable bonds is 1. The second kappa shape index (κ2) is 6.05. The van der Waals surface area contributed by atoms with E-state index in [1.807, 2.05) is 18.4 Å². The zero-order valence-corrected chi connectivity index (χ0v) is 13.7. The average Bonchev–Trinajstić information content (AvgIpc) is 3.02. The smallest absolute Gasteiger partial charge is 0.120 e. The Balaban J connectivity index is 2.07. The van der Waals surface area contributed by atoms with Crippen LogP contribution in [0.4, 0.5) is 0 Å². The fourth-order valence-corrected chi connectivity index (χ4v) is 3.31. The van der Waals surface area contributed by atoms with Crippen molar-refractivity contribution in [2.75, 3.05) is 27.2 Å². The summed E-state index contributed by atoms with van der Waals surface area (Å²) in [5, 5.41) is 3.68. The number of nitrogens with zero attached hydrogens (tertiary/aromatic N) is 2. The van der Waals surface area contributed by atoms with E-state index in [0.717, 1.165) is 31.7 Å². The zero-order chi connectivity index (χ0) is 15.6. The number of methoxy groups -OCH3 is 1. The molecule has 0 saturated carbocycles. The Morgan fingerprint density at radius 3 is 2.73 bits per heavy atom. The first kappa shape index (κ1) is 15.0. The van der Waals surface area contributed by atoms with Crippen molar-refractivity contribution in [3.05, 3.63) is 54.2 Å². The third-order valence-electron chi connectivity index (χ3n) is 4.79. The van der Waals surface area contributed by atoms with Crippen LogP contribution in [-0.2, 0) is 10.3 Å². The normalized spacial score (nSPS) is 27.8. The minimum absolute atomic E-state index is 0.0161. The van der Waals surface area contributed by atoms with E-state index in [1.54, 1.807) is 7.11 Å². The molecule has 2 aliphatic rings. The molecule has 0 atom stereocenters. The van der Waals surface area contributed by atoms with Crippen LogP contribution in [0.3, 0.4) is 0 Å². The second-order valence-electron chi connectivity index (χ2n) is 6.21. The summed E-state index contributed by atoms with van der Waals surface area (Å²) in [4.78, 5) is 2.39. The Morgan fingerprint density at radius 2 is 2.00 bits per heavy atom. The highest BCUT2D eigenvalue weighted by Crippen LogP contribution is 2.34. The lowest BCUT2D eigenvalue weighted by molar-refractivity contribution is 0.164. The van der Waals surface area contributed by atoms with Crippen LogP contribution in [-0.4, -0.2) is 36.7 Å². The predicted octanol–water partition coefficient (Wildman–Crippen LogP) is 2.92. The third kappa shape index (κ3) is 2.71. The molecule has 4 heteroatoms. The van der Waals surface area contributed by atoms with Crippen molar-refractivity contribution in [1.82, 2.24) is 14.8 Å². The molecule has 0 bridgehead atoms. The Morgan fingerprint density at radius 1 is 1.23 bits per heavy atom. The monoisotopic (exact) mass is 299 g/mol. The highest BCUT2D eigenvalue weighted by molar-refractivity contribution is 5.50. The van der Waals surface area contributed by atoms with E-state index in [1.165, 1.54) is 11.4 Å². The summed E-state index contributed by atoms with van der Waals surface area (Å²) in [6, 6.07) is 4.38. The minimum atomic E-state index is -0.0161. The van der Waals surface area contributed by atoms with Gasteiger partial charge in [0, 0.05) is 36.9 Å². The molecular formula is C18H25N3O. The Kier molecular flexibility index (Phi) is 4.12. The Labute approximate surface area is 132 Å². The molecule has 2 aliphatic heterocycles. The Hall–Kier alpha value is -1.94. The molecule has 4 nitrogen and oxygen atoms in total. The number of allylic oxidation sites excluding steroid dienone is 4. The molecule has 3 rings (SSSR count). The number of hydrogen-bond acceptors (Lipinski definition) is 3. The van der Waals surface area contributed by atoms with Gasteiger partial charge in [-0.1, -0.05) is 0 Å². The fourth-order valence-electron chi connectivity index (χ4n) is 3.31. The van der Waals surface area contributed by atoms with Crippen molar-refractivity contribution in [2.24, 2.45) is 0 Å². The summed E-state index contributed by atoms with van der Waals surface area (Å²) in [6.07, 6.45) is 12.5. The van der Waals surface area contributed by atoms with Gasteiger partial charge in [0.2, 0.25) is 0 Å². The van der Waals surface area contributed by atoms with E-state index in [0.29, 0.717) is 0 Å². The second-order valence-corrected chi connectivity index (χ2v) is 6.21. The topological polar surface area (TPSA) is 29.4 Å². The van der Waals surface area contributed by atoms with E-state index in [2.05, 4.69) is 53.2 Å². The van der Waals surface area contributed by atoms with Crippen LogP contribution in [0.1, 0.15) is 25.5 Å². The van der Waals surface area contributed by atoms with Gasteiger partial charge in [-0.3, -0.25) is 0 Å². The van der Waals surface area contributed by atoms with Crippen LogP contribution in [0.15, 0.2) is 48.5 Å². The van der Waals surface area contributed by atoms with Crippen molar-refractivity contribution in [3.63, 3.8) is 0 Å². The molecule has 0 radical (unpaired) electrons. The number of nitrogens with one attached hydrogen (secondary N) is 1. The standard InChI is InChI=1S/C18H25N3O/c1-15-6-7-16(22-3)8-11-19-18(9-13-20(2)14-10-18)17-5-4-12-21(15)17/h4-8,11-12,19H,9-10,13-14H2,1-3H3/b11-8+,15-6+,16-7+. The van der Waals surface area contributed by atoms with Crippen molar-refractivity contribution in [3.8, 4) is 0 Å². The van der Waals surface area contributed by atoms with Gasteiger partial charge >= 0.3 is 0 Å². The summed E-state index contributed by atoms with van der Waals surface area (Å²) in [5.74, 6) is 0.852. The molecule has 0 amide bonds. The van der Waals surface area contributed by atoms with Crippen LogP contribution in [0.5, 0.6) is 0 Å². The Bertz CT molecular complexity index is 616. The van der Waals surface area contributed by atoms with Crippen LogP contribution in [0, 0.1) is 0 Å². The summed E-state index contributed by atoms with van der Waals surface area (Å²) in [6.45, 7) is 4.34. The van der Waals surface area contributed by atoms with E-state index in [9.17, 15) is 0 Å². The molecule has 1 saturated heterocycles. The number of aromatic nitrogens is 1. The van der Waals surface area contributed by atoms with Gasteiger partial charge in [-0.05, 0) is 57.2 Å². The quantitative estimate of drug-likeness (QED) is 0.864. The van der Waals surface area contributed by atoms with Gasteiger partial charge in [-0.15, -0.1) is 0 Å². The van der Waals surface area contributed by atoms with Gasteiger partial charge < -0.3 is 19.5 Å². The highest BCUT2D eigenvalue weighted by Gasteiger charge is 2.36. The molecule has 118 valence electrons. The number of fused-ring (bicyclic) bond motifs is 2. The molecular weight excluding hydrogens is 274 g/mol. The first-order valence-corrected chi connectivity index (χ1v) is 7.88. The number of ether oxygens (including phenoxy) is 1. The largest absolute Gasteiger partial charge is 0.497 e. The summed E-state index contributed by atoms with van der Waals surface area (Å²) in [7, 11) is 3.90. The van der Waals surface area contributed by atoms with Gasteiger partial charge in [0.05, 0.1) is 12.6 Å². The van der Waals surface area contributed by atoms with Crippen molar-refractivity contribution in [1.29, 1.82) is 0 Å². The lowest BCUT2D eigenvalue weighted by Gasteiger charge is -2.42. The molecule has 1 N–H and O–H groups in total. The number of likely N-dealkylation sites (tertiary alicyclic amines) is 1. The SMILES string of the molecule is COC1=C/C=C(\C)n2cccc2C2(CCN(C)CC2)N\C=C\1. The number of piperidine rings is 1. The summed E-state index contributed by atoms with van der Waals surface area (Å²) < 4.78 is 7.70. The molecule has 0 aliphatic carbocycles. The van der Waals surface area contributed by atoms with Crippen LogP contribution in [0.25, 0.3) is 5.70 Å². The fraction of sp³-hybridized carbons (Fsp3) is 0.444. The van der Waals surface area contributed by atoms with Gasteiger partial charge in [-0.2, -0.15) is 0 Å². The maximum absolute atomic E-state index is 5.41. The first-order chi connectivity index (χ1) is 10.6. The molecule has 22 heavy (non-hydrogen) atoms. The lowest BCUT2D eigenvalue weighted by Crippen LogP contribution is -2.49. The molecule has 1 spiro atoms.